The van der Waals surface area contributed by atoms with Crippen molar-refractivity contribution in [2.45, 2.75) is 31.6 Å². The third kappa shape index (κ3) is 2.97. The molecule has 1 fully saturated rings. The fourth-order valence-corrected chi connectivity index (χ4v) is 2.50. The van der Waals surface area contributed by atoms with Crippen LogP contribution in [0, 0.1) is 0 Å². The molecule has 0 amide bonds. The lowest BCUT2D eigenvalue weighted by molar-refractivity contribution is 0.354. The Hall–Kier alpha value is -1.21. The van der Waals surface area contributed by atoms with E-state index >= 15 is 0 Å². The normalized spacial score (nSPS) is 19.2. The third-order valence-corrected chi connectivity index (χ3v) is 3.76. The molecule has 2 heteroatoms. The van der Waals surface area contributed by atoms with E-state index in [0.717, 1.165) is 29.5 Å². The first-order valence-corrected chi connectivity index (χ1v) is 6.97. The average Bonchev–Trinajstić information content (AvgIpc) is 3.21. The maximum absolute atomic E-state index is 6.02. The summed E-state index contributed by atoms with van der Waals surface area (Å²) in [6, 6.07) is 8.51. The van der Waals surface area contributed by atoms with Crippen molar-refractivity contribution in [3.63, 3.8) is 0 Å². The Kier molecular flexibility index (Phi) is 3.42. The van der Waals surface area contributed by atoms with Crippen LogP contribution in [-0.2, 0) is 0 Å². The highest BCUT2D eigenvalue weighted by Gasteiger charge is 2.22. The Morgan fingerprint density at radius 3 is 2.61 bits per heavy atom. The molecule has 94 valence electrons. The Morgan fingerprint density at radius 1 is 1.17 bits per heavy atom. The van der Waals surface area contributed by atoms with Gasteiger partial charge in [-0.05, 0) is 60.9 Å². The lowest BCUT2D eigenvalue weighted by Gasteiger charge is -2.11. The molecule has 0 heterocycles. The molecule has 0 atom stereocenters. The van der Waals surface area contributed by atoms with E-state index in [1.165, 1.54) is 24.0 Å². The molecule has 18 heavy (non-hydrogen) atoms. The lowest BCUT2D eigenvalue weighted by Crippen LogP contribution is -2.02. The van der Waals surface area contributed by atoms with Crippen LogP contribution >= 0.6 is 11.6 Å². The fraction of sp³-hybridized carbons (Fsp3) is 0.375. The van der Waals surface area contributed by atoms with Gasteiger partial charge in [-0.1, -0.05) is 29.8 Å². The number of ether oxygens (including phenoxy) is 1. The molecule has 2 aliphatic carbocycles. The minimum absolute atomic E-state index is 0.610. The summed E-state index contributed by atoms with van der Waals surface area (Å²) >= 11 is 6.02. The van der Waals surface area contributed by atoms with E-state index in [4.69, 9.17) is 16.3 Å². The van der Waals surface area contributed by atoms with Crippen molar-refractivity contribution in [3.05, 3.63) is 52.6 Å². The Morgan fingerprint density at radius 2 is 1.94 bits per heavy atom. The van der Waals surface area contributed by atoms with Crippen molar-refractivity contribution in [3.8, 4) is 5.75 Å². The van der Waals surface area contributed by atoms with Crippen molar-refractivity contribution in [2.24, 2.45) is 0 Å². The van der Waals surface area contributed by atoms with Crippen LogP contribution in [0.5, 0.6) is 5.75 Å². The summed E-state index contributed by atoms with van der Waals surface area (Å²) in [6.45, 7) is 0.610. The van der Waals surface area contributed by atoms with Gasteiger partial charge in [0.25, 0.3) is 0 Å². The molecule has 0 bridgehead atoms. The first-order chi connectivity index (χ1) is 8.81. The van der Waals surface area contributed by atoms with Crippen molar-refractivity contribution in [2.75, 3.05) is 6.61 Å². The molecule has 0 saturated heterocycles. The largest absolute Gasteiger partial charge is 0.489 e. The van der Waals surface area contributed by atoms with Gasteiger partial charge in [0.1, 0.15) is 12.4 Å². The molecule has 1 saturated carbocycles. The number of hydrogen-bond donors (Lipinski definition) is 0. The summed E-state index contributed by atoms with van der Waals surface area (Å²) in [7, 11) is 0. The molecule has 0 radical (unpaired) electrons. The van der Waals surface area contributed by atoms with Crippen LogP contribution in [0.4, 0.5) is 0 Å². The number of rotatable bonds is 4. The summed E-state index contributed by atoms with van der Waals surface area (Å²) in [6.07, 6.45) is 8.89. The lowest BCUT2D eigenvalue weighted by atomic mass is 10.1. The van der Waals surface area contributed by atoms with Gasteiger partial charge in [0.05, 0.1) is 0 Å². The van der Waals surface area contributed by atoms with Crippen molar-refractivity contribution >= 4 is 11.6 Å². The van der Waals surface area contributed by atoms with E-state index in [1.807, 2.05) is 6.08 Å². The molecular formula is C16H17ClO. The Balaban J connectivity index is 1.57. The van der Waals surface area contributed by atoms with Crippen molar-refractivity contribution in [1.29, 1.82) is 0 Å². The zero-order chi connectivity index (χ0) is 12.4. The highest BCUT2D eigenvalue weighted by Crippen LogP contribution is 2.40. The highest BCUT2D eigenvalue weighted by molar-refractivity contribution is 6.29. The second kappa shape index (κ2) is 5.19. The molecule has 2 aliphatic rings. The van der Waals surface area contributed by atoms with Gasteiger partial charge >= 0.3 is 0 Å². The van der Waals surface area contributed by atoms with Gasteiger partial charge in [0.15, 0.2) is 0 Å². The van der Waals surface area contributed by atoms with Gasteiger partial charge in [-0.15, -0.1) is 0 Å². The molecule has 0 unspecified atom stereocenters. The summed E-state index contributed by atoms with van der Waals surface area (Å²) in [4.78, 5) is 0. The summed E-state index contributed by atoms with van der Waals surface area (Å²) in [5.41, 5.74) is 2.62. The van der Waals surface area contributed by atoms with Gasteiger partial charge in [0.2, 0.25) is 0 Å². The third-order valence-electron chi connectivity index (χ3n) is 3.47. The minimum atomic E-state index is 0.610. The molecule has 1 nitrogen and oxygen atoms in total. The van der Waals surface area contributed by atoms with Crippen molar-refractivity contribution < 1.29 is 4.74 Å². The SMILES string of the molecule is ClC1=CC(COc2ccc(C3CC3)cc2)=CCC1. The van der Waals surface area contributed by atoms with Crippen LogP contribution in [0.2, 0.25) is 0 Å². The van der Waals surface area contributed by atoms with E-state index in [-0.39, 0.29) is 0 Å². The topological polar surface area (TPSA) is 9.23 Å². The molecular weight excluding hydrogens is 244 g/mol. The van der Waals surface area contributed by atoms with Crippen LogP contribution in [0.1, 0.15) is 37.2 Å². The molecule has 0 spiro atoms. The molecule has 0 aliphatic heterocycles. The quantitative estimate of drug-likeness (QED) is 0.757. The van der Waals surface area contributed by atoms with Crippen LogP contribution in [-0.4, -0.2) is 6.61 Å². The highest BCUT2D eigenvalue weighted by atomic mass is 35.5. The summed E-state index contributed by atoms with van der Waals surface area (Å²) in [5, 5.41) is 0.931. The van der Waals surface area contributed by atoms with Crippen LogP contribution in [0.25, 0.3) is 0 Å². The van der Waals surface area contributed by atoms with Crippen molar-refractivity contribution in [1.82, 2.24) is 0 Å². The van der Waals surface area contributed by atoms with Gasteiger partial charge in [-0.3, -0.25) is 0 Å². The second-order valence-electron chi connectivity index (χ2n) is 5.04. The number of allylic oxidation sites excluding steroid dienone is 2. The van der Waals surface area contributed by atoms with Crippen LogP contribution in [0.3, 0.4) is 0 Å². The van der Waals surface area contributed by atoms with Crippen LogP contribution in [0.15, 0.2) is 47.0 Å². The van der Waals surface area contributed by atoms with E-state index in [9.17, 15) is 0 Å². The Labute approximate surface area is 113 Å². The van der Waals surface area contributed by atoms with E-state index in [2.05, 4.69) is 30.3 Å². The summed E-state index contributed by atoms with van der Waals surface area (Å²) < 4.78 is 5.78. The predicted octanol–water partition coefficient (Wildman–Crippen LogP) is 4.79. The van der Waals surface area contributed by atoms with Gasteiger partial charge in [0, 0.05) is 5.03 Å². The standard InChI is InChI=1S/C16H17ClO/c17-15-3-1-2-12(10-15)11-18-16-8-6-14(7-9-16)13-4-5-13/h2,6-10,13H,1,3-5,11H2. The molecule has 0 aromatic heterocycles. The zero-order valence-electron chi connectivity index (χ0n) is 10.4. The second-order valence-corrected chi connectivity index (χ2v) is 5.53. The minimum Gasteiger partial charge on any atom is -0.489 e. The van der Waals surface area contributed by atoms with Gasteiger partial charge in [-0.25, -0.2) is 0 Å². The predicted molar refractivity (Wildman–Crippen MR) is 75.2 cm³/mol. The monoisotopic (exact) mass is 260 g/mol. The van der Waals surface area contributed by atoms with Gasteiger partial charge in [-0.2, -0.15) is 0 Å². The number of halogens is 1. The molecule has 1 aromatic carbocycles. The maximum Gasteiger partial charge on any atom is 0.119 e. The molecule has 1 aromatic rings. The van der Waals surface area contributed by atoms with E-state index in [0.29, 0.717) is 6.61 Å². The maximum atomic E-state index is 6.02. The zero-order valence-corrected chi connectivity index (χ0v) is 11.1. The van der Waals surface area contributed by atoms with E-state index in [1.54, 1.807) is 0 Å². The number of hydrogen-bond acceptors (Lipinski definition) is 1. The average molecular weight is 261 g/mol. The fourth-order valence-electron chi connectivity index (χ4n) is 2.25. The smallest absolute Gasteiger partial charge is 0.119 e. The Bertz CT molecular complexity index is 480. The molecule has 3 rings (SSSR count). The van der Waals surface area contributed by atoms with Gasteiger partial charge < -0.3 is 4.74 Å². The summed E-state index contributed by atoms with van der Waals surface area (Å²) in [5.74, 6) is 1.75. The first kappa shape index (κ1) is 11.9. The number of benzene rings is 1. The van der Waals surface area contributed by atoms with Crippen LogP contribution < -0.4 is 4.74 Å². The molecule has 0 N–H and O–H groups in total. The van der Waals surface area contributed by atoms with E-state index < -0.39 is 0 Å². The first-order valence-electron chi connectivity index (χ1n) is 6.59.